The molecule has 3 N–H and O–H groups in total. The minimum Gasteiger partial charge on any atom is -0.396 e. The predicted molar refractivity (Wildman–Crippen MR) is 129 cm³/mol. The fraction of sp³-hybridized carbons (Fsp3) is 0.130. The number of halogens is 1. The first kappa shape index (κ1) is 22.0. The van der Waals surface area contributed by atoms with E-state index in [-0.39, 0.29) is 18.4 Å². The van der Waals surface area contributed by atoms with Gasteiger partial charge in [-0.25, -0.2) is 0 Å². The molecule has 2 heterocycles. The van der Waals surface area contributed by atoms with Gasteiger partial charge in [0.25, 0.3) is 11.8 Å². The van der Waals surface area contributed by atoms with E-state index in [4.69, 9.17) is 16.7 Å². The number of aliphatic imine (C=N–C) groups is 1. The Bertz CT molecular complexity index is 1260. The number of aromatic nitrogens is 1. The monoisotopic (exact) mass is 466 g/mol. The predicted octanol–water partition coefficient (Wildman–Crippen LogP) is 4.08. The van der Waals surface area contributed by atoms with E-state index >= 15 is 0 Å². The number of pyridine rings is 1. The molecule has 0 atom stereocenters. The summed E-state index contributed by atoms with van der Waals surface area (Å²) in [7, 11) is 0. The number of hydrogen-bond acceptors (Lipinski definition) is 6. The van der Waals surface area contributed by atoms with Crippen LogP contribution in [0, 0.1) is 0 Å². The first-order chi connectivity index (χ1) is 15.5. The molecular weight excluding hydrogens is 448 g/mol. The van der Waals surface area contributed by atoms with E-state index in [0.717, 1.165) is 16.5 Å². The van der Waals surface area contributed by atoms with Gasteiger partial charge in [0, 0.05) is 30.3 Å². The molecule has 1 aliphatic rings. The number of rotatable bonds is 6. The third-order valence-corrected chi connectivity index (χ3v) is 5.86. The van der Waals surface area contributed by atoms with Crippen molar-refractivity contribution in [3.63, 3.8) is 0 Å². The molecule has 0 saturated heterocycles. The maximum atomic E-state index is 12.4. The van der Waals surface area contributed by atoms with Gasteiger partial charge in [-0.1, -0.05) is 23.7 Å². The molecule has 1 aliphatic heterocycles. The van der Waals surface area contributed by atoms with E-state index in [1.807, 2.05) is 30.3 Å². The highest BCUT2D eigenvalue weighted by Crippen LogP contribution is 2.32. The van der Waals surface area contributed by atoms with Crippen LogP contribution >= 0.6 is 23.4 Å². The Balaban J connectivity index is 1.48. The van der Waals surface area contributed by atoms with Crippen LogP contribution in [0.3, 0.4) is 0 Å². The molecular formula is C23H19ClN4O3S. The second-order valence-corrected chi connectivity index (χ2v) is 8.38. The summed E-state index contributed by atoms with van der Waals surface area (Å²) < 4.78 is 0. The summed E-state index contributed by atoms with van der Waals surface area (Å²) >= 11 is 7.47. The van der Waals surface area contributed by atoms with Crippen LogP contribution in [0.15, 0.2) is 64.6 Å². The zero-order valence-electron chi connectivity index (χ0n) is 16.8. The number of amidine groups is 1. The molecule has 3 aromatic rings. The Labute approximate surface area is 193 Å². The highest BCUT2D eigenvalue weighted by molar-refractivity contribution is 8.18. The molecule has 0 spiro atoms. The standard InChI is InChI=1S/C23H19ClN4O3S/c24-17-6-5-16(21(30)26-9-2-10-29)13-19(17)27-23-28-22(31)20(32-23)12-14-4-7-18-15(11-14)3-1-8-25-18/h1,3-8,11-13,29H,2,9-10H2,(H,26,30)(H,27,28,31). The van der Waals surface area contributed by atoms with Crippen molar-refractivity contribution in [2.75, 3.05) is 18.5 Å². The lowest BCUT2D eigenvalue weighted by Gasteiger charge is -2.10. The topological polar surface area (TPSA) is 104 Å². The molecule has 0 bridgehead atoms. The van der Waals surface area contributed by atoms with Crippen molar-refractivity contribution in [1.29, 1.82) is 0 Å². The molecule has 2 amide bonds. The first-order valence-corrected chi connectivity index (χ1v) is 11.1. The summed E-state index contributed by atoms with van der Waals surface area (Å²) in [5, 5.41) is 16.4. The van der Waals surface area contributed by atoms with Crippen LogP contribution in [-0.4, -0.2) is 40.2 Å². The number of carbonyl (C=O) groups is 2. The highest BCUT2D eigenvalue weighted by atomic mass is 35.5. The van der Waals surface area contributed by atoms with Crippen LogP contribution in [0.1, 0.15) is 22.3 Å². The molecule has 1 aromatic heterocycles. The summed E-state index contributed by atoms with van der Waals surface area (Å²) in [6.07, 6.45) is 3.99. The third kappa shape index (κ3) is 5.16. The molecule has 0 saturated carbocycles. The van der Waals surface area contributed by atoms with Gasteiger partial charge in [-0.15, -0.1) is 0 Å². The number of amides is 2. The van der Waals surface area contributed by atoms with Crippen molar-refractivity contribution in [2.45, 2.75) is 6.42 Å². The molecule has 2 aromatic carbocycles. The van der Waals surface area contributed by atoms with Gasteiger partial charge < -0.3 is 15.7 Å². The SMILES string of the molecule is O=C1N=C(Nc2cc(C(=O)NCCCO)ccc2Cl)SC1=Cc1ccc2ncccc2c1. The number of anilines is 1. The van der Waals surface area contributed by atoms with Gasteiger partial charge in [0.15, 0.2) is 5.17 Å². The van der Waals surface area contributed by atoms with Gasteiger partial charge in [0.1, 0.15) is 0 Å². The maximum absolute atomic E-state index is 12.4. The normalized spacial score (nSPS) is 14.6. The van der Waals surface area contributed by atoms with Crippen LogP contribution in [0.2, 0.25) is 5.02 Å². The van der Waals surface area contributed by atoms with Gasteiger partial charge in [0.2, 0.25) is 0 Å². The number of thioether (sulfide) groups is 1. The second-order valence-electron chi connectivity index (χ2n) is 6.94. The van der Waals surface area contributed by atoms with E-state index in [1.165, 1.54) is 11.8 Å². The van der Waals surface area contributed by atoms with Crippen molar-refractivity contribution >= 4 is 63.0 Å². The Morgan fingerprint density at radius 1 is 1.19 bits per heavy atom. The number of benzene rings is 2. The minimum atomic E-state index is -0.349. The van der Waals surface area contributed by atoms with Crippen molar-refractivity contribution < 1.29 is 14.7 Å². The van der Waals surface area contributed by atoms with Crippen molar-refractivity contribution in [2.24, 2.45) is 4.99 Å². The number of aliphatic hydroxyl groups excluding tert-OH is 1. The lowest BCUT2D eigenvalue weighted by atomic mass is 10.1. The Kier molecular flexibility index (Phi) is 6.84. The average molecular weight is 467 g/mol. The van der Waals surface area contributed by atoms with Crippen LogP contribution in [0.25, 0.3) is 17.0 Å². The number of fused-ring (bicyclic) bond motifs is 1. The van der Waals surface area contributed by atoms with Crippen molar-refractivity contribution in [3.8, 4) is 0 Å². The molecule has 162 valence electrons. The third-order valence-electron chi connectivity index (χ3n) is 4.64. The Morgan fingerprint density at radius 2 is 2.06 bits per heavy atom. The Hall–Kier alpha value is -3.20. The van der Waals surface area contributed by atoms with Gasteiger partial charge >= 0.3 is 0 Å². The van der Waals surface area contributed by atoms with Crippen molar-refractivity contribution in [3.05, 3.63) is 75.8 Å². The smallest absolute Gasteiger partial charge is 0.286 e. The number of carbonyl (C=O) groups excluding carboxylic acids is 2. The van der Waals surface area contributed by atoms with Gasteiger partial charge in [-0.3, -0.25) is 14.6 Å². The molecule has 4 rings (SSSR count). The number of aliphatic hydroxyl groups is 1. The van der Waals surface area contributed by atoms with E-state index in [2.05, 4.69) is 20.6 Å². The molecule has 0 radical (unpaired) electrons. The largest absolute Gasteiger partial charge is 0.396 e. The summed E-state index contributed by atoms with van der Waals surface area (Å²) in [5.41, 5.74) is 2.63. The van der Waals surface area contributed by atoms with E-state index in [0.29, 0.717) is 39.3 Å². The lowest BCUT2D eigenvalue weighted by molar-refractivity contribution is -0.113. The van der Waals surface area contributed by atoms with Crippen LogP contribution in [0.5, 0.6) is 0 Å². The molecule has 0 unspecified atom stereocenters. The van der Waals surface area contributed by atoms with Crippen LogP contribution < -0.4 is 10.6 Å². The number of nitrogens with one attached hydrogen (secondary N) is 2. The van der Waals surface area contributed by atoms with E-state index in [9.17, 15) is 9.59 Å². The summed E-state index contributed by atoms with van der Waals surface area (Å²) in [5.74, 6) is -0.626. The highest BCUT2D eigenvalue weighted by Gasteiger charge is 2.23. The second kappa shape index (κ2) is 9.95. The number of hydrogen-bond donors (Lipinski definition) is 3. The van der Waals surface area contributed by atoms with Crippen molar-refractivity contribution in [1.82, 2.24) is 10.3 Å². The molecule has 0 aliphatic carbocycles. The fourth-order valence-corrected chi connectivity index (χ4v) is 4.05. The first-order valence-electron chi connectivity index (χ1n) is 9.86. The lowest BCUT2D eigenvalue weighted by Crippen LogP contribution is -2.25. The van der Waals surface area contributed by atoms with Crippen LogP contribution in [0.4, 0.5) is 5.69 Å². The zero-order valence-corrected chi connectivity index (χ0v) is 18.4. The zero-order chi connectivity index (χ0) is 22.5. The minimum absolute atomic E-state index is 0.00469. The quantitative estimate of drug-likeness (QED) is 0.373. The van der Waals surface area contributed by atoms with Crippen LogP contribution in [-0.2, 0) is 4.79 Å². The molecule has 7 nitrogen and oxygen atoms in total. The van der Waals surface area contributed by atoms with E-state index < -0.39 is 0 Å². The summed E-state index contributed by atoms with van der Waals surface area (Å²) in [6, 6.07) is 14.4. The fourth-order valence-electron chi connectivity index (χ4n) is 3.06. The van der Waals surface area contributed by atoms with E-state index in [1.54, 1.807) is 30.5 Å². The van der Waals surface area contributed by atoms with Gasteiger partial charge in [-0.2, -0.15) is 4.99 Å². The average Bonchev–Trinajstić information content (AvgIpc) is 3.13. The molecule has 9 heteroatoms. The summed E-state index contributed by atoms with van der Waals surface area (Å²) in [6.45, 7) is 0.376. The molecule has 0 fully saturated rings. The molecule has 32 heavy (non-hydrogen) atoms. The van der Waals surface area contributed by atoms with Gasteiger partial charge in [0.05, 0.1) is 21.1 Å². The number of nitrogens with zero attached hydrogens (tertiary/aromatic N) is 2. The Morgan fingerprint density at radius 3 is 2.91 bits per heavy atom. The summed E-state index contributed by atoms with van der Waals surface area (Å²) in [4.78, 5) is 33.5. The van der Waals surface area contributed by atoms with Gasteiger partial charge in [-0.05, 0) is 66.2 Å². The maximum Gasteiger partial charge on any atom is 0.286 e.